The number of rotatable bonds is 36. The number of carbonyl (C=O) groups is 3. The minimum absolute atomic E-state index is 0.0647. The van der Waals surface area contributed by atoms with Crippen molar-refractivity contribution in [2.24, 2.45) is 0 Å². The lowest BCUT2D eigenvalue weighted by atomic mass is 10.0. The number of unbranched alkanes of at least 4 members (excludes halogenated alkanes) is 21. The van der Waals surface area contributed by atoms with Gasteiger partial charge in [-0.05, 0) is 70.6 Å². The van der Waals surface area contributed by atoms with Crippen molar-refractivity contribution in [1.82, 2.24) is 0 Å². The molecule has 0 amide bonds. The van der Waals surface area contributed by atoms with Gasteiger partial charge in [0.1, 0.15) is 0 Å². The third kappa shape index (κ3) is 30.1. The number of hydrogen-bond acceptors (Lipinski definition) is 4. The monoisotopic (exact) mass is 624 g/mol. The molecule has 0 aliphatic carbocycles. The van der Waals surface area contributed by atoms with E-state index in [-0.39, 0.29) is 19.3 Å². The van der Waals surface area contributed by atoms with E-state index in [0.717, 1.165) is 56.3 Å². The molecule has 7 heteroatoms. The van der Waals surface area contributed by atoms with Crippen molar-refractivity contribution in [2.75, 3.05) is 26.2 Å². The van der Waals surface area contributed by atoms with Crippen LogP contribution < -0.4 is 5.11 Å². The van der Waals surface area contributed by atoms with E-state index < -0.39 is 17.9 Å². The van der Waals surface area contributed by atoms with E-state index in [9.17, 15) is 19.5 Å². The predicted octanol–water partition coefficient (Wildman–Crippen LogP) is 8.83. The average Bonchev–Trinajstić information content (AvgIpc) is 2.98. The fraction of sp³-hybridized carbons (Fsp3) is 0.865. The molecular weight excluding hydrogens is 554 g/mol. The molecule has 258 valence electrons. The van der Waals surface area contributed by atoms with Gasteiger partial charge in [-0.2, -0.15) is 0 Å². The van der Waals surface area contributed by atoms with Crippen LogP contribution in [0.2, 0.25) is 0 Å². The number of allylic oxidation sites excluding steroid dienone is 1. The Labute approximate surface area is 270 Å². The van der Waals surface area contributed by atoms with Gasteiger partial charge < -0.3 is 24.6 Å². The van der Waals surface area contributed by atoms with Crippen LogP contribution in [0.4, 0.5) is 0 Å². The Morgan fingerprint density at radius 3 is 1.02 bits per heavy atom. The summed E-state index contributed by atoms with van der Waals surface area (Å²) in [6.07, 6.45) is 31.8. The Balaban J connectivity index is 4.20. The zero-order chi connectivity index (χ0) is 32.6. The van der Waals surface area contributed by atoms with Crippen molar-refractivity contribution in [3.8, 4) is 0 Å². The molecule has 0 heterocycles. The number of hydrogen-bond donors (Lipinski definition) is 2. The van der Waals surface area contributed by atoms with Gasteiger partial charge in [0.05, 0.1) is 26.2 Å². The first kappa shape index (κ1) is 42.1. The van der Waals surface area contributed by atoms with Crippen LogP contribution in [-0.2, 0) is 14.4 Å². The highest BCUT2D eigenvalue weighted by Crippen LogP contribution is 2.20. The second-order valence-corrected chi connectivity index (χ2v) is 13.2. The Kier molecular flexibility index (Phi) is 29.8. The van der Waals surface area contributed by atoms with E-state index in [1.54, 1.807) is 0 Å². The second-order valence-electron chi connectivity index (χ2n) is 13.2. The lowest BCUT2D eigenvalue weighted by molar-refractivity contribution is -0.929. The van der Waals surface area contributed by atoms with Crippen molar-refractivity contribution < 1.29 is 34.2 Å². The number of carboxylic acid groups (broad SMARTS) is 3. The van der Waals surface area contributed by atoms with Crippen molar-refractivity contribution in [1.29, 1.82) is 0 Å². The maximum Gasteiger partial charge on any atom is 0.303 e. The summed E-state index contributed by atoms with van der Waals surface area (Å²) in [4.78, 5) is 32.9. The van der Waals surface area contributed by atoms with E-state index in [1.165, 1.54) is 116 Å². The van der Waals surface area contributed by atoms with Gasteiger partial charge in [0.2, 0.25) is 0 Å². The molecule has 0 radical (unpaired) electrons. The number of nitrogens with zero attached hydrogens (tertiary/aromatic N) is 1. The SMILES string of the molecule is C=CCCCCCCCCCCCCCCCCCCCC[N+](CCCCC(=O)[O-])(CCCCC(=O)O)CCCCC(=O)O. The summed E-state index contributed by atoms with van der Waals surface area (Å²) in [7, 11) is 0. The highest BCUT2D eigenvalue weighted by atomic mass is 16.4. The van der Waals surface area contributed by atoms with Gasteiger partial charge in [0.15, 0.2) is 0 Å². The van der Waals surface area contributed by atoms with Crippen LogP contribution in [0, 0.1) is 0 Å². The zero-order valence-electron chi connectivity index (χ0n) is 28.4. The molecule has 0 fully saturated rings. The number of aliphatic carboxylic acids is 3. The topological polar surface area (TPSA) is 115 Å². The largest absolute Gasteiger partial charge is 0.550 e. The average molecular weight is 624 g/mol. The van der Waals surface area contributed by atoms with Gasteiger partial charge in [-0.1, -0.05) is 102 Å². The first-order chi connectivity index (χ1) is 21.3. The summed E-state index contributed by atoms with van der Waals surface area (Å²) in [6, 6.07) is 0. The van der Waals surface area contributed by atoms with Crippen LogP contribution in [-0.4, -0.2) is 58.8 Å². The number of carbonyl (C=O) groups excluding carboxylic acids is 1. The third-order valence-electron chi connectivity index (χ3n) is 9.10. The molecule has 44 heavy (non-hydrogen) atoms. The summed E-state index contributed by atoms with van der Waals surface area (Å²) in [5, 5.41) is 29.0. The highest BCUT2D eigenvalue weighted by molar-refractivity contribution is 5.66. The molecule has 0 saturated carbocycles. The lowest BCUT2D eigenvalue weighted by Crippen LogP contribution is -2.51. The quantitative estimate of drug-likeness (QED) is 0.0409. The Morgan fingerprint density at radius 1 is 0.455 bits per heavy atom. The molecule has 0 aliphatic heterocycles. The van der Waals surface area contributed by atoms with Gasteiger partial charge in [-0.3, -0.25) is 9.59 Å². The zero-order valence-corrected chi connectivity index (χ0v) is 28.4. The molecule has 0 aromatic rings. The molecule has 0 atom stereocenters. The summed E-state index contributed by atoms with van der Waals surface area (Å²) < 4.78 is 0.850. The smallest absolute Gasteiger partial charge is 0.303 e. The van der Waals surface area contributed by atoms with Crippen LogP contribution >= 0.6 is 0 Å². The summed E-state index contributed by atoms with van der Waals surface area (Å²) in [6.45, 7) is 7.41. The van der Waals surface area contributed by atoms with Crippen LogP contribution in [0.3, 0.4) is 0 Å². The lowest BCUT2D eigenvalue weighted by Gasteiger charge is -2.39. The number of quaternary nitrogens is 1. The van der Waals surface area contributed by atoms with Crippen LogP contribution in [0.5, 0.6) is 0 Å². The second kappa shape index (κ2) is 31.1. The maximum absolute atomic E-state index is 11.0. The van der Waals surface area contributed by atoms with Crippen LogP contribution in [0.15, 0.2) is 12.7 Å². The minimum atomic E-state index is -1.02. The minimum Gasteiger partial charge on any atom is -0.550 e. The fourth-order valence-electron chi connectivity index (χ4n) is 6.40. The van der Waals surface area contributed by atoms with Crippen molar-refractivity contribution in [3.63, 3.8) is 0 Å². The molecule has 0 aromatic carbocycles. The highest BCUT2D eigenvalue weighted by Gasteiger charge is 2.26. The van der Waals surface area contributed by atoms with E-state index in [4.69, 9.17) is 10.2 Å². The van der Waals surface area contributed by atoms with E-state index in [2.05, 4.69) is 6.58 Å². The predicted molar refractivity (Wildman–Crippen MR) is 179 cm³/mol. The Morgan fingerprint density at radius 2 is 0.727 bits per heavy atom. The maximum atomic E-state index is 11.0. The van der Waals surface area contributed by atoms with E-state index in [1.807, 2.05) is 6.08 Å². The van der Waals surface area contributed by atoms with Gasteiger partial charge in [-0.15, -0.1) is 6.58 Å². The van der Waals surface area contributed by atoms with E-state index >= 15 is 0 Å². The number of carboxylic acids is 3. The molecule has 0 unspecified atom stereocenters. The molecule has 0 rings (SSSR count). The first-order valence-corrected chi connectivity index (χ1v) is 18.4. The van der Waals surface area contributed by atoms with Crippen molar-refractivity contribution in [3.05, 3.63) is 12.7 Å². The molecule has 7 nitrogen and oxygen atoms in total. The standard InChI is InChI=1S/C37H69NO6/c1-2-3-4-5-6-7-8-9-10-11-12-13-14-15-16-17-18-19-20-24-31-38(32-25-21-28-35(39)40,33-26-22-29-36(41)42)34-27-23-30-37(43)44/h2H,1,3-34H2,(H2-,39,40,41,42,43,44). The summed E-state index contributed by atoms with van der Waals surface area (Å²) in [5.41, 5.74) is 0. The molecular formula is C37H69NO6. The molecule has 0 spiro atoms. The fourth-order valence-corrected chi connectivity index (χ4v) is 6.40. The summed E-state index contributed by atoms with van der Waals surface area (Å²) >= 11 is 0. The van der Waals surface area contributed by atoms with Crippen LogP contribution in [0.25, 0.3) is 0 Å². The Bertz CT molecular complexity index is 655. The first-order valence-electron chi connectivity index (χ1n) is 18.4. The molecule has 0 bridgehead atoms. The molecule has 0 saturated heterocycles. The van der Waals surface area contributed by atoms with Gasteiger partial charge in [0.25, 0.3) is 0 Å². The van der Waals surface area contributed by atoms with Gasteiger partial charge in [-0.25, -0.2) is 0 Å². The van der Waals surface area contributed by atoms with Crippen LogP contribution in [0.1, 0.15) is 180 Å². The molecule has 0 aromatic heterocycles. The Hall–Kier alpha value is -1.89. The van der Waals surface area contributed by atoms with Crippen molar-refractivity contribution in [2.45, 2.75) is 180 Å². The van der Waals surface area contributed by atoms with E-state index in [0.29, 0.717) is 19.3 Å². The van der Waals surface area contributed by atoms with Gasteiger partial charge in [0, 0.05) is 18.8 Å². The third-order valence-corrected chi connectivity index (χ3v) is 9.10. The van der Waals surface area contributed by atoms with Gasteiger partial charge >= 0.3 is 11.9 Å². The summed E-state index contributed by atoms with van der Waals surface area (Å²) in [5.74, 6) is -2.56. The normalized spacial score (nSPS) is 11.5. The van der Waals surface area contributed by atoms with Crippen molar-refractivity contribution >= 4 is 17.9 Å². The molecule has 2 N–H and O–H groups in total. The molecule has 0 aliphatic rings.